The summed E-state index contributed by atoms with van der Waals surface area (Å²) < 4.78 is 5.25. The van der Waals surface area contributed by atoms with E-state index in [9.17, 15) is 4.79 Å². The first-order valence-electron chi connectivity index (χ1n) is 11.2. The van der Waals surface area contributed by atoms with Crippen molar-refractivity contribution in [3.63, 3.8) is 0 Å². The van der Waals surface area contributed by atoms with Crippen molar-refractivity contribution >= 4 is 17.7 Å². The molecule has 1 amide bonds. The standard InChI is InChI=1S/C25H30N4O2S/c1-4-21(29-13-11-19-8-5-6-9-20(19)15-29)14-27-24(30)22-10-7-12-26-25(22)32-16-23-17(2)28-31-18(23)3/h5-10,12,21H,4,11,13-16H2,1-3H3,(H,27,30). The summed E-state index contributed by atoms with van der Waals surface area (Å²) in [5.41, 5.74) is 5.39. The highest BCUT2D eigenvalue weighted by molar-refractivity contribution is 7.98. The monoisotopic (exact) mass is 450 g/mol. The average Bonchev–Trinajstić information content (AvgIpc) is 3.15. The molecular formula is C25H30N4O2S. The lowest BCUT2D eigenvalue weighted by atomic mass is 9.98. The lowest BCUT2D eigenvalue weighted by molar-refractivity contribution is 0.0922. The van der Waals surface area contributed by atoms with Crippen LogP contribution in [0.15, 0.2) is 52.1 Å². The second-order valence-corrected chi connectivity index (χ2v) is 9.17. The number of aryl methyl sites for hydroxylation is 2. The van der Waals surface area contributed by atoms with E-state index >= 15 is 0 Å². The molecule has 1 N–H and O–H groups in total. The third-order valence-electron chi connectivity index (χ3n) is 6.20. The maximum atomic E-state index is 13.0. The molecule has 2 aromatic heterocycles. The highest BCUT2D eigenvalue weighted by Gasteiger charge is 2.23. The van der Waals surface area contributed by atoms with Gasteiger partial charge in [-0.05, 0) is 49.9 Å². The molecule has 1 aliphatic heterocycles. The largest absolute Gasteiger partial charge is 0.361 e. The van der Waals surface area contributed by atoms with Gasteiger partial charge in [-0.2, -0.15) is 0 Å². The number of hydrogen-bond acceptors (Lipinski definition) is 6. The van der Waals surface area contributed by atoms with E-state index in [-0.39, 0.29) is 5.91 Å². The highest BCUT2D eigenvalue weighted by atomic mass is 32.2. The number of carbonyl (C=O) groups excluding carboxylic acids is 1. The molecule has 0 saturated carbocycles. The molecule has 0 fully saturated rings. The van der Waals surface area contributed by atoms with E-state index in [2.05, 4.69) is 51.5 Å². The van der Waals surface area contributed by atoms with Gasteiger partial charge in [0.05, 0.1) is 11.3 Å². The van der Waals surface area contributed by atoms with Crippen LogP contribution in [-0.4, -0.2) is 40.1 Å². The second-order valence-electron chi connectivity index (χ2n) is 8.21. The second kappa shape index (κ2) is 10.3. The first kappa shape index (κ1) is 22.6. The van der Waals surface area contributed by atoms with E-state index in [1.165, 1.54) is 22.9 Å². The molecule has 0 saturated heterocycles. The molecule has 1 aliphatic rings. The fraction of sp³-hybridized carbons (Fsp3) is 0.400. The first-order valence-corrected chi connectivity index (χ1v) is 12.1. The molecule has 7 heteroatoms. The Morgan fingerprint density at radius 2 is 2.03 bits per heavy atom. The van der Waals surface area contributed by atoms with Gasteiger partial charge >= 0.3 is 0 Å². The number of aromatic nitrogens is 2. The maximum Gasteiger partial charge on any atom is 0.254 e. The fourth-order valence-corrected chi connectivity index (χ4v) is 5.34. The molecule has 6 nitrogen and oxygen atoms in total. The van der Waals surface area contributed by atoms with Crippen LogP contribution >= 0.6 is 11.8 Å². The summed E-state index contributed by atoms with van der Waals surface area (Å²) in [4.78, 5) is 20.0. The molecule has 0 aliphatic carbocycles. The van der Waals surface area contributed by atoms with Crippen molar-refractivity contribution in [2.24, 2.45) is 0 Å². The van der Waals surface area contributed by atoms with Crippen molar-refractivity contribution in [3.8, 4) is 0 Å². The number of nitrogens with zero attached hydrogens (tertiary/aromatic N) is 3. The molecule has 168 valence electrons. The first-order chi connectivity index (χ1) is 15.6. The quantitative estimate of drug-likeness (QED) is 0.508. The minimum Gasteiger partial charge on any atom is -0.361 e. The molecule has 3 heterocycles. The van der Waals surface area contributed by atoms with Crippen molar-refractivity contribution < 1.29 is 9.32 Å². The van der Waals surface area contributed by atoms with E-state index in [4.69, 9.17) is 4.52 Å². The van der Waals surface area contributed by atoms with Gasteiger partial charge in [-0.1, -0.05) is 36.3 Å². The van der Waals surface area contributed by atoms with Crippen LogP contribution in [0, 0.1) is 13.8 Å². The van der Waals surface area contributed by atoms with Crippen molar-refractivity contribution in [1.82, 2.24) is 20.4 Å². The zero-order chi connectivity index (χ0) is 22.5. The average molecular weight is 451 g/mol. The Morgan fingerprint density at radius 3 is 2.78 bits per heavy atom. The molecule has 32 heavy (non-hydrogen) atoms. The Morgan fingerprint density at radius 1 is 1.22 bits per heavy atom. The minimum atomic E-state index is -0.0739. The third-order valence-corrected chi connectivity index (χ3v) is 7.23. The Labute approximate surface area is 193 Å². The van der Waals surface area contributed by atoms with Gasteiger partial charge in [0.25, 0.3) is 5.91 Å². The molecule has 0 bridgehead atoms. The number of fused-ring (bicyclic) bond motifs is 1. The lowest BCUT2D eigenvalue weighted by Crippen LogP contribution is -2.45. The number of pyridine rings is 1. The molecule has 1 aromatic carbocycles. The van der Waals surface area contributed by atoms with Gasteiger partial charge in [0.1, 0.15) is 10.8 Å². The number of benzene rings is 1. The Kier molecular flexibility index (Phi) is 7.27. The van der Waals surface area contributed by atoms with Gasteiger partial charge in [0.15, 0.2) is 0 Å². The SMILES string of the molecule is CCC(CNC(=O)c1cccnc1SCc1c(C)noc1C)N1CCc2ccccc2C1. The molecule has 0 radical (unpaired) electrons. The van der Waals surface area contributed by atoms with Crippen LogP contribution in [0.3, 0.4) is 0 Å². The van der Waals surface area contributed by atoms with Crippen molar-refractivity contribution in [2.75, 3.05) is 13.1 Å². The zero-order valence-electron chi connectivity index (χ0n) is 18.9. The van der Waals surface area contributed by atoms with Crippen LogP contribution < -0.4 is 5.32 Å². The van der Waals surface area contributed by atoms with E-state index in [1.54, 1.807) is 6.20 Å². The molecule has 1 unspecified atom stereocenters. The number of amides is 1. The van der Waals surface area contributed by atoms with E-state index in [1.807, 2.05) is 26.0 Å². The Bertz CT molecular complexity index is 1060. The van der Waals surface area contributed by atoms with Gasteiger partial charge in [0, 0.05) is 43.2 Å². The summed E-state index contributed by atoms with van der Waals surface area (Å²) in [6, 6.07) is 12.6. The maximum absolute atomic E-state index is 13.0. The number of rotatable bonds is 8. The normalized spacial score (nSPS) is 14.7. The van der Waals surface area contributed by atoms with Gasteiger partial charge in [0.2, 0.25) is 0 Å². The molecule has 1 atom stereocenters. The van der Waals surface area contributed by atoms with Gasteiger partial charge in [-0.25, -0.2) is 4.98 Å². The summed E-state index contributed by atoms with van der Waals surface area (Å²) in [6.45, 7) is 8.62. The van der Waals surface area contributed by atoms with Crippen LogP contribution in [0.25, 0.3) is 0 Å². The van der Waals surface area contributed by atoms with Gasteiger partial charge in [-0.3, -0.25) is 9.69 Å². The molecule has 0 spiro atoms. The summed E-state index contributed by atoms with van der Waals surface area (Å²) in [5.74, 6) is 1.41. The highest BCUT2D eigenvalue weighted by Crippen LogP contribution is 2.27. The van der Waals surface area contributed by atoms with Crippen molar-refractivity contribution in [3.05, 3.63) is 76.3 Å². The Balaban J connectivity index is 1.38. The van der Waals surface area contributed by atoms with Crippen LogP contribution in [0.4, 0.5) is 0 Å². The smallest absolute Gasteiger partial charge is 0.254 e. The van der Waals surface area contributed by atoms with E-state index in [0.29, 0.717) is 23.9 Å². The predicted molar refractivity (Wildman–Crippen MR) is 127 cm³/mol. The number of carbonyl (C=O) groups is 1. The number of thioether (sulfide) groups is 1. The van der Waals surface area contributed by atoms with Crippen LogP contribution in [-0.2, 0) is 18.7 Å². The van der Waals surface area contributed by atoms with Crippen LogP contribution in [0.5, 0.6) is 0 Å². The summed E-state index contributed by atoms with van der Waals surface area (Å²) >= 11 is 1.54. The van der Waals surface area contributed by atoms with E-state index < -0.39 is 0 Å². The van der Waals surface area contributed by atoms with Gasteiger partial charge < -0.3 is 9.84 Å². The zero-order valence-corrected chi connectivity index (χ0v) is 19.7. The lowest BCUT2D eigenvalue weighted by Gasteiger charge is -2.35. The van der Waals surface area contributed by atoms with Gasteiger partial charge in [-0.15, -0.1) is 11.8 Å². The van der Waals surface area contributed by atoms with E-state index in [0.717, 1.165) is 48.0 Å². The summed E-state index contributed by atoms with van der Waals surface area (Å²) in [5, 5.41) is 7.90. The number of hydrogen-bond donors (Lipinski definition) is 1. The topological polar surface area (TPSA) is 71.3 Å². The third kappa shape index (κ3) is 5.05. The van der Waals surface area contributed by atoms with Crippen molar-refractivity contribution in [1.29, 1.82) is 0 Å². The molecular weight excluding hydrogens is 420 g/mol. The molecule has 4 rings (SSSR count). The van der Waals surface area contributed by atoms with Crippen LogP contribution in [0.2, 0.25) is 0 Å². The Hall–Kier alpha value is -2.64. The predicted octanol–water partition coefficient (Wildman–Crippen LogP) is 4.55. The summed E-state index contributed by atoms with van der Waals surface area (Å²) in [7, 11) is 0. The van der Waals surface area contributed by atoms with Crippen molar-refractivity contribution in [2.45, 2.75) is 57.0 Å². The molecule has 3 aromatic rings. The minimum absolute atomic E-state index is 0.0739. The summed E-state index contributed by atoms with van der Waals surface area (Å²) in [6.07, 6.45) is 3.78. The van der Waals surface area contributed by atoms with Crippen LogP contribution in [0.1, 0.15) is 51.8 Å². The number of nitrogens with one attached hydrogen (secondary N) is 1. The fourth-order valence-electron chi connectivity index (χ4n) is 4.19.